The number of nitrogens with zero attached hydrogens (tertiary/aromatic N) is 2. The van der Waals surface area contributed by atoms with Crippen molar-refractivity contribution < 1.29 is 49.3 Å². The Balaban J connectivity index is 1.32. The average Bonchev–Trinajstić information content (AvgIpc) is 2.99. The minimum absolute atomic E-state index is 0.00729. The topological polar surface area (TPSA) is 217 Å². The van der Waals surface area contributed by atoms with E-state index in [1.807, 2.05) is 13.8 Å². The van der Waals surface area contributed by atoms with Gasteiger partial charge in [-0.05, 0) is 93.8 Å². The van der Waals surface area contributed by atoms with Crippen LogP contribution in [0, 0.1) is 73.5 Å². The van der Waals surface area contributed by atoms with E-state index in [4.69, 9.17) is 9.62 Å². The lowest BCUT2D eigenvalue weighted by molar-refractivity contribution is -0.544. The Bertz CT molecular complexity index is 1060. The second-order valence-corrected chi connectivity index (χ2v) is 14.3. The summed E-state index contributed by atoms with van der Waals surface area (Å²) < 4.78 is 5.79. The van der Waals surface area contributed by atoms with Gasteiger partial charge in [0.25, 0.3) is 0 Å². The summed E-state index contributed by atoms with van der Waals surface area (Å²) in [6.45, 7) is 4.03. The normalized spacial score (nSPS) is 39.7. The van der Waals surface area contributed by atoms with Gasteiger partial charge in [0.05, 0.1) is 17.8 Å². The zero-order valence-electron chi connectivity index (χ0n) is 26.1. The molecule has 0 saturated heterocycles. The maximum atomic E-state index is 13.1. The van der Waals surface area contributed by atoms with Gasteiger partial charge >= 0.3 is 17.9 Å². The van der Waals surface area contributed by atoms with Crippen molar-refractivity contribution in [2.45, 2.75) is 122 Å². The zero-order chi connectivity index (χ0) is 33.0. The van der Waals surface area contributed by atoms with Crippen molar-refractivity contribution in [1.29, 1.82) is 0 Å². The summed E-state index contributed by atoms with van der Waals surface area (Å²) in [5.74, 6) is -6.74. The molecule has 4 saturated carbocycles. The number of rotatable bonds is 11. The molecule has 4 fully saturated rings. The summed E-state index contributed by atoms with van der Waals surface area (Å²) in [5.41, 5.74) is 0. The number of carbonyl (C=O) groups excluding carboxylic acids is 1. The van der Waals surface area contributed by atoms with Gasteiger partial charge in [-0.2, -0.15) is 0 Å². The number of carbonyl (C=O) groups is 3. The highest BCUT2D eigenvalue weighted by molar-refractivity contribution is 5.82. The highest BCUT2D eigenvalue weighted by Gasteiger charge is 2.53. The maximum absolute atomic E-state index is 13.1. The van der Waals surface area contributed by atoms with Crippen LogP contribution >= 0.6 is 0 Å². The van der Waals surface area contributed by atoms with E-state index in [0.29, 0.717) is 43.9 Å². The second kappa shape index (κ2) is 15.1. The van der Waals surface area contributed by atoms with Crippen molar-refractivity contribution >= 4 is 17.9 Å². The van der Waals surface area contributed by atoms with Crippen molar-refractivity contribution in [2.75, 3.05) is 0 Å². The van der Waals surface area contributed by atoms with Crippen LogP contribution in [0.15, 0.2) is 0 Å². The van der Waals surface area contributed by atoms with Crippen LogP contribution in [0.2, 0.25) is 0 Å². The highest BCUT2D eigenvalue weighted by Crippen LogP contribution is 2.47. The van der Waals surface area contributed by atoms with Crippen LogP contribution < -0.4 is 0 Å². The van der Waals surface area contributed by atoms with E-state index in [0.717, 1.165) is 32.1 Å². The summed E-state index contributed by atoms with van der Waals surface area (Å²) in [6.07, 6.45) is 5.87. The van der Waals surface area contributed by atoms with Gasteiger partial charge in [0, 0.05) is 22.7 Å². The van der Waals surface area contributed by atoms with Gasteiger partial charge in [0.2, 0.25) is 12.1 Å². The molecule has 4 rings (SSSR count). The van der Waals surface area contributed by atoms with Crippen LogP contribution in [0.1, 0.15) is 97.3 Å². The Hall–Kier alpha value is -2.87. The molecular formula is C31H48N2O12. The van der Waals surface area contributed by atoms with E-state index in [-0.39, 0.29) is 37.0 Å². The van der Waals surface area contributed by atoms with E-state index in [1.165, 1.54) is 0 Å². The minimum Gasteiger partial charge on any atom is -0.481 e. The lowest BCUT2D eigenvalue weighted by Gasteiger charge is -2.44. The first-order valence-corrected chi connectivity index (χ1v) is 16.6. The van der Waals surface area contributed by atoms with Crippen molar-refractivity contribution in [3.8, 4) is 0 Å². The molecule has 4 aliphatic carbocycles. The summed E-state index contributed by atoms with van der Waals surface area (Å²) >= 11 is 0. The van der Waals surface area contributed by atoms with E-state index in [1.54, 1.807) is 0 Å². The van der Waals surface area contributed by atoms with Crippen LogP contribution in [-0.2, 0) is 24.0 Å². The second-order valence-electron chi connectivity index (χ2n) is 14.3. The molecule has 13 unspecified atom stereocenters. The molecule has 0 amide bonds. The lowest BCUT2D eigenvalue weighted by atomic mass is 9.63. The number of esters is 1. The van der Waals surface area contributed by atoms with Gasteiger partial charge in [0.15, 0.2) is 0 Å². The number of nitro groups is 2. The molecule has 0 aliphatic heterocycles. The van der Waals surface area contributed by atoms with Gasteiger partial charge < -0.3 is 14.9 Å². The molecular weight excluding hydrogens is 592 g/mol. The fraction of sp³-hybridized carbons (Fsp3) is 0.903. The van der Waals surface area contributed by atoms with Crippen molar-refractivity contribution in [3.05, 3.63) is 20.2 Å². The van der Waals surface area contributed by atoms with Crippen molar-refractivity contribution in [2.24, 2.45) is 53.3 Å². The van der Waals surface area contributed by atoms with Gasteiger partial charge in [-0.1, -0.05) is 20.3 Å². The molecule has 4 aliphatic rings. The first-order valence-electron chi connectivity index (χ1n) is 16.6. The molecule has 0 aromatic rings. The quantitative estimate of drug-likeness (QED) is 0.119. The van der Waals surface area contributed by atoms with E-state index in [2.05, 4.69) is 0 Å². The van der Waals surface area contributed by atoms with E-state index < -0.39 is 75.7 Å². The van der Waals surface area contributed by atoms with Crippen LogP contribution in [0.3, 0.4) is 0 Å². The molecule has 13 atom stereocenters. The third kappa shape index (κ3) is 7.93. The number of aliphatic carboxylic acids is 2. The fourth-order valence-corrected chi connectivity index (χ4v) is 9.43. The summed E-state index contributed by atoms with van der Waals surface area (Å²) in [7, 11) is 0. The van der Waals surface area contributed by atoms with Crippen molar-refractivity contribution in [3.63, 3.8) is 0 Å². The van der Waals surface area contributed by atoms with Gasteiger partial charge in [-0.25, -0.2) is 4.89 Å². The predicted octanol–water partition coefficient (Wildman–Crippen LogP) is 4.93. The van der Waals surface area contributed by atoms with E-state index in [9.17, 15) is 50.1 Å². The Morgan fingerprint density at radius 1 is 0.778 bits per heavy atom. The SMILES string of the molecule is CC1CC(CC2CCC(C(OO)C3C(C(=O)O)CCCC3[N+](=O)[O-])C(C)C2)CCC1OC(=O)C1C(C(=O)O)CCCC1[N+](=O)[O-]. The van der Waals surface area contributed by atoms with Gasteiger partial charge in [-0.3, -0.25) is 39.9 Å². The molecule has 0 radical (unpaired) electrons. The molecule has 45 heavy (non-hydrogen) atoms. The molecule has 0 heterocycles. The van der Waals surface area contributed by atoms with Crippen LogP contribution in [-0.4, -0.2) is 67.5 Å². The standard InChI is InChI=1S/C31H48N2O12/c1-16-13-18(9-11-20(16)28(45-43)26-21(29(34)35)5-3-7-23(26)32(39)40)15-19-10-12-25(17(2)14-19)44-31(38)27-22(30(36)37)6-4-8-24(27)33(41)42/h16-28,43H,3-15H2,1-2H3,(H,34,35)(H,36,37). The van der Waals surface area contributed by atoms with Crippen LogP contribution in [0.25, 0.3) is 0 Å². The highest BCUT2D eigenvalue weighted by atomic mass is 17.1. The van der Waals surface area contributed by atoms with Crippen LogP contribution in [0.5, 0.6) is 0 Å². The molecule has 0 bridgehead atoms. The molecule has 14 heteroatoms. The smallest absolute Gasteiger partial charge is 0.317 e. The summed E-state index contributed by atoms with van der Waals surface area (Å²) in [4.78, 5) is 64.4. The van der Waals surface area contributed by atoms with Crippen molar-refractivity contribution in [1.82, 2.24) is 0 Å². The minimum atomic E-state index is -1.29. The molecule has 0 aromatic heterocycles. The number of hydrogen-bond donors (Lipinski definition) is 3. The van der Waals surface area contributed by atoms with Gasteiger partial charge in [-0.15, -0.1) is 0 Å². The number of carboxylic acids is 2. The summed E-state index contributed by atoms with van der Waals surface area (Å²) in [6, 6.07) is -2.34. The molecule has 3 N–H and O–H groups in total. The van der Waals surface area contributed by atoms with Gasteiger partial charge in [0.1, 0.15) is 18.1 Å². The fourth-order valence-electron chi connectivity index (χ4n) is 9.43. The summed E-state index contributed by atoms with van der Waals surface area (Å²) in [5, 5.41) is 52.9. The molecule has 0 spiro atoms. The largest absolute Gasteiger partial charge is 0.481 e. The molecule has 254 valence electrons. The first-order chi connectivity index (χ1) is 21.3. The zero-order valence-corrected chi connectivity index (χ0v) is 26.1. The number of ether oxygens (including phenoxy) is 1. The Kier molecular flexibility index (Phi) is 11.8. The Morgan fingerprint density at radius 2 is 1.33 bits per heavy atom. The first kappa shape index (κ1) is 35.0. The molecule has 14 nitrogen and oxygen atoms in total. The Morgan fingerprint density at radius 3 is 1.87 bits per heavy atom. The monoisotopic (exact) mass is 640 g/mol. The third-order valence-corrected chi connectivity index (χ3v) is 11.6. The number of hydrogen-bond acceptors (Lipinski definition) is 10. The number of carboxylic acid groups (broad SMARTS) is 2. The predicted molar refractivity (Wildman–Crippen MR) is 157 cm³/mol. The molecule has 0 aromatic carbocycles. The Labute approximate surface area is 262 Å². The average molecular weight is 641 g/mol. The van der Waals surface area contributed by atoms with E-state index >= 15 is 0 Å². The van der Waals surface area contributed by atoms with Crippen LogP contribution in [0.4, 0.5) is 0 Å². The third-order valence-electron chi connectivity index (χ3n) is 11.6. The lowest BCUT2D eigenvalue weighted by Crippen LogP contribution is -2.52. The maximum Gasteiger partial charge on any atom is 0.317 e.